The number of aryl methyl sites for hydroxylation is 1. The Kier molecular flexibility index (Phi) is 2.82. The molecule has 2 aromatic rings. The van der Waals surface area contributed by atoms with E-state index in [1.807, 2.05) is 0 Å². The molecule has 1 unspecified atom stereocenters. The summed E-state index contributed by atoms with van der Waals surface area (Å²) >= 11 is 5.63. The highest BCUT2D eigenvalue weighted by molar-refractivity contribution is 6.31. The Morgan fingerprint density at radius 3 is 2.65 bits per heavy atom. The van der Waals surface area contributed by atoms with Gasteiger partial charge >= 0.3 is 6.18 Å². The van der Waals surface area contributed by atoms with Crippen molar-refractivity contribution in [1.29, 1.82) is 0 Å². The van der Waals surface area contributed by atoms with Crippen molar-refractivity contribution in [3.8, 4) is 0 Å². The van der Waals surface area contributed by atoms with E-state index >= 15 is 0 Å². The second kappa shape index (κ2) is 4.11. The number of fused-ring (bicyclic) bond motifs is 3. The Labute approximate surface area is 116 Å². The molecule has 1 aliphatic rings. The van der Waals surface area contributed by atoms with Gasteiger partial charge < -0.3 is 10.1 Å². The van der Waals surface area contributed by atoms with E-state index in [4.69, 9.17) is 11.6 Å². The van der Waals surface area contributed by atoms with Gasteiger partial charge in [0.2, 0.25) is 5.60 Å². The second-order valence-electron chi connectivity index (χ2n) is 5.00. The Hall–Kier alpha value is -1.27. The van der Waals surface area contributed by atoms with Crippen LogP contribution in [-0.4, -0.2) is 16.3 Å². The minimum absolute atomic E-state index is 0.174. The van der Waals surface area contributed by atoms with Crippen molar-refractivity contribution in [2.45, 2.75) is 31.0 Å². The van der Waals surface area contributed by atoms with Crippen molar-refractivity contribution in [2.75, 3.05) is 0 Å². The number of aromatic nitrogens is 1. The van der Waals surface area contributed by atoms with Gasteiger partial charge in [0, 0.05) is 10.9 Å². The van der Waals surface area contributed by atoms with Crippen LogP contribution in [0, 0.1) is 5.82 Å². The predicted molar refractivity (Wildman–Crippen MR) is 66.2 cm³/mol. The first-order valence-electron chi connectivity index (χ1n) is 6.03. The van der Waals surface area contributed by atoms with E-state index in [2.05, 4.69) is 4.98 Å². The monoisotopic (exact) mass is 307 g/mol. The van der Waals surface area contributed by atoms with E-state index in [0.29, 0.717) is 22.9 Å². The number of benzene rings is 1. The second-order valence-corrected chi connectivity index (χ2v) is 5.41. The molecular formula is C13H10ClF4NO. The fourth-order valence-electron chi connectivity index (χ4n) is 2.79. The first-order chi connectivity index (χ1) is 9.24. The van der Waals surface area contributed by atoms with Crippen molar-refractivity contribution in [1.82, 2.24) is 4.98 Å². The number of hydrogen-bond acceptors (Lipinski definition) is 1. The highest BCUT2D eigenvalue weighted by Gasteiger charge is 2.57. The van der Waals surface area contributed by atoms with E-state index in [0.717, 1.165) is 6.07 Å². The van der Waals surface area contributed by atoms with Gasteiger partial charge in [0.15, 0.2) is 0 Å². The summed E-state index contributed by atoms with van der Waals surface area (Å²) in [5.74, 6) is -0.693. The molecule has 2 N–H and O–H groups in total. The minimum Gasteiger partial charge on any atom is -0.375 e. The van der Waals surface area contributed by atoms with E-state index in [1.54, 1.807) is 0 Å². The zero-order valence-electron chi connectivity index (χ0n) is 10.1. The number of aliphatic hydroxyl groups is 1. The van der Waals surface area contributed by atoms with Gasteiger partial charge in [-0.2, -0.15) is 13.2 Å². The fraction of sp³-hybridized carbons (Fsp3) is 0.385. The molecule has 0 saturated heterocycles. The number of rotatable bonds is 0. The van der Waals surface area contributed by atoms with Crippen LogP contribution in [0.2, 0.25) is 5.02 Å². The Bertz CT molecular complexity index is 694. The summed E-state index contributed by atoms with van der Waals surface area (Å²) in [6.45, 7) is 0. The van der Waals surface area contributed by atoms with Crippen LogP contribution in [0.3, 0.4) is 0 Å². The molecule has 0 radical (unpaired) electrons. The van der Waals surface area contributed by atoms with Gasteiger partial charge in [-0.3, -0.25) is 0 Å². The quantitative estimate of drug-likeness (QED) is 0.708. The molecule has 0 bridgehead atoms. The van der Waals surface area contributed by atoms with Gasteiger partial charge in [0.1, 0.15) is 5.82 Å². The predicted octanol–water partition coefficient (Wildman–Crippen LogP) is 4.05. The molecule has 1 atom stereocenters. The van der Waals surface area contributed by atoms with Crippen molar-refractivity contribution in [3.05, 3.63) is 34.2 Å². The van der Waals surface area contributed by atoms with Crippen LogP contribution in [-0.2, 0) is 12.0 Å². The molecule has 0 saturated carbocycles. The lowest BCUT2D eigenvalue weighted by Crippen LogP contribution is -2.45. The number of H-pyrrole nitrogens is 1. The highest BCUT2D eigenvalue weighted by atomic mass is 35.5. The Balaban J connectivity index is 2.31. The number of alkyl halides is 3. The molecule has 0 amide bonds. The third-order valence-electron chi connectivity index (χ3n) is 3.79. The maximum Gasteiger partial charge on any atom is 0.422 e. The molecule has 20 heavy (non-hydrogen) atoms. The van der Waals surface area contributed by atoms with Gasteiger partial charge in [-0.25, -0.2) is 4.39 Å². The topological polar surface area (TPSA) is 36.0 Å². The summed E-state index contributed by atoms with van der Waals surface area (Å²) in [5, 5.41) is 10.2. The summed E-state index contributed by atoms with van der Waals surface area (Å²) in [6.07, 6.45) is -4.66. The highest BCUT2D eigenvalue weighted by Crippen LogP contribution is 2.48. The average Bonchev–Trinajstić information content (AvgIpc) is 2.68. The molecule has 3 rings (SSSR count). The summed E-state index contributed by atoms with van der Waals surface area (Å²) in [7, 11) is 0. The number of nitrogens with one attached hydrogen (secondary N) is 1. The van der Waals surface area contributed by atoms with Gasteiger partial charge in [-0.05, 0) is 37.0 Å². The third-order valence-corrected chi connectivity index (χ3v) is 4.08. The Morgan fingerprint density at radius 2 is 2.00 bits per heavy atom. The molecule has 0 fully saturated rings. The summed E-state index contributed by atoms with van der Waals surface area (Å²) < 4.78 is 52.9. The maximum absolute atomic E-state index is 13.5. The molecule has 108 valence electrons. The lowest BCUT2D eigenvalue weighted by atomic mass is 9.82. The molecule has 1 aromatic heterocycles. The largest absolute Gasteiger partial charge is 0.422 e. The van der Waals surface area contributed by atoms with Crippen molar-refractivity contribution in [3.63, 3.8) is 0 Å². The molecule has 2 nitrogen and oxygen atoms in total. The van der Waals surface area contributed by atoms with Crippen molar-refractivity contribution < 1.29 is 22.7 Å². The van der Waals surface area contributed by atoms with Gasteiger partial charge in [0.05, 0.1) is 10.7 Å². The fourth-order valence-corrected chi connectivity index (χ4v) is 2.95. The van der Waals surface area contributed by atoms with Gasteiger partial charge in [-0.15, -0.1) is 0 Å². The normalized spacial score (nSPS) is 23.1. The van der Waals surface area contributed by atoms with E-state index < -0.39 is 24.0 Å². The molecule has 1 heterocycles. The molecule has 0 aliphatic heterocycles. The SMILES string of the molecule is OC1(C(F)(F)F)CCCc2c1[nH]c1cc(Cl)c(F)cc21. The van der Waals surface area contributed by atoms with E-state index in [1.165, 1.54) is 6.07 Å². The Morgan fingerprint density at radius 1 is 1.30 bits per heavy atom. The van der Waals surface area contributed by atoms with E-state index in [-0.39, 0.29) is 17.1 Å². The van der Waals surface area contributed by atoms with Crippen LogP contribution in [0.4, 0.5) is 17.6 Å². The van der Waals surface area contributed by atoms with Crippen LogP contribution in [0.1, 0.15) is 24.1 Å². The molecular weight excluding hydrogens is 298 g/mol. The minimum atomic E-state index is -4.79. The summed E-state index contributed by atoms with van der Waals surface area (Å²) in [6, 6.07) is 2.34. The number of hydrogen-bond donors (Lipinski definition) is 2. The van der Waals surface area contributed by atoms with Crippen molar-refractivity contribution >= 4 is 22.5 Å². The lowest BCUT2D eigenvalue weighted by molar-refractivity contribution is -0.272. The smallest absolute Gasteiger partial charge is 0.375 e. The first kappa shape index (κ1) is 13.7. The summed E-state index contributed by atoms with van der Waals surface area (Å²) in [4.78, 5) is 2.56. The first-order valence-corrected chi connectivity index (χ1v) is 6.41. The zero-order chi connectivity index (χ0) is 14.7. The van der Waals surface area contributed by atoms with Crippen LogP contribution < -0.4 is 0 Å². The maximum atomic E-state index is 13.5. The van der Waals surface area contributed by atoms with Crippen LogP contribution in [0.15, 0.2) is 12.1 Å². The molecule has 7 heteroatoms. The molecule has 1 aliphatic carbocycles. The molecule has 1 aromatic carbocycles. The lowest BCUT2D eigenvalue weighted by Gasteiger charge is -2.33. The standard InChI is InChI=1S/C13H10ClF4NO/c14-8-5-10-7(4-9(8)15)6-2-1-3-12(20,11(6)19-10)13(16,17)18/h4-5,19-20H,1-3H2. The zero-order valence-corrected chi connectivity index (χ0v) is 10.9. The van der Waals surface area contributed by atoms with Crippen LogP contribution in [0.25, 0.3) is 10.9 Å². The average molecular weight is 308 g/mol. The van der Waals surface area contributed by atoms with Gasteiger partial charge in [-0.1, -0.05) is 11.6 Å². The van der Waals surface area contributed by atoms with E-state index in [9.17, 15) is 22.7 Å². The van der Waals surface area contributed by atoms with Crippen LogP contribution in [0.5, 0.6) is 0 Å². The van der Waals surface area contributed by atoms with Crippen molar-refractivity contribution in [2.24, 2.45) is 0 Å². The third kappa shape index (κ3) is 1.74. The number of halogens is 5. The van der Waals surface area contributed by atoms with Gasteiger partial charge in [0.25, 0.3) is 0 Å². The number of aromatic amines is 1. The summed E-state index contributed by atoms with van der Waals surface area (Å²) in [5.41, 5.74) is -2.61. The molecule has 0 spiro atoms. The van der Waals surface area contributed by atoms with Crippen LogP contribution >= 0.6 is 11.6 Å².